The number of para-hydroxylation sites is 1. The average Bonchev–Trinajstić information content (AvgIpc) is 2.83. The van der Waals surface area contributed by atoms with E-state index in [-0.39, 0.29) is 12.5 Å². The Bertz CT molecular complexity index is 1340. The normalized spacial score (nSPS) is 12.7. The average molecular weight is 442 g/mol. The fourth-order valence-corrected chi connectivity index (χ4v) is 4.18. The van der Waals surface area contributed by atoms with Crippen molar-refractivity contribution in [2.45, 2.75) is 11.5 Å². The van der Waals surface area contributed by atoms with Crippen LogP contribution in [-0.4, -0.2) is 22.6 Å². The van der Waals surface area contributed by atoms with Crippen LogP contribution in [0.15, 0.2) is 83.8 Å². The van der Waals surface area contributed by atoms with Crippen LogP contribution in [0.5, 0.6) is 11.5 Å². The third kappa shape index (κ3) is 4.43. The number of nitrogens with one attached hydrogen (secondary N) is 1. The van der Waals surface area contributed by atoms with E-state index in [2.05, 4.69) is 10.3 Å². The van der Waals surface area contributed by atoms with E-state index in [0.29, 0.717) is 22.8 Å². The van der Waals surface area contributed by atoms with Crippen molar-refractivity contribution < 1.29 is 19.1 Å². The minimum atomic E-state index is -0.482. The van der Waals surface area contributed by atoms with E-state index in [9.17, 15) is 9.59 Å². The number of fused-ring (bicyclic) bond motifs is 2. The van der Waals surface area contributed by atoms with E-state index in [4.69, 9.17) is 9.47 Å². The number of rotatable bonds is 5. The molecule has 0 unspecified atom stereocenters. The summed E-state index contributed by atoms with van der Waals surface area (Å²) in [6, 6.07) is 23.9. The number of hydrogen-bond acceptors (Lipinski definition) is 6. The first-order valence-corrected chi connectivity index (χ1v) is 11.0. The van der Waals surface area contributed by atoms with Gasteiger partial charge < -0.3 is 14.8 Å². The van der Waals surface area contributed by atoms with Gasteiger partial charge in [-0.2, -0.15) is 0 Å². The highest BCUT2D eigenvalue weighted by Gasteiger charge is 2.17. The minimum absolute atomic E-state index is 0.0389. The highest BCUT2D eigenvalue weighted by molar-refractivity contribution is 8.00. The zero-order valence-corrected chi connectivity index (χ0v) is 17.7. The molecule has 1 amide bonds. The SMILES string of the molecule is O=C1CSc2cc(OC(=O)c3cccc(OCc4ccc5ccccc5n4)c3)ccc2N1. The number of hydrogen-bond donors (Lipinski definition) is 1. The zero-order valence-electron chi connectivity index (χ0n) is 16.9. The lowest BCUT2D eigenvalue weighted by Gasteiger charge is -2.16. The summed E-state index contributed by atoms with van der Waals surface area (Å²) < 4.78 is 11.4. The molecule has 0 radical (unpaired) electrons. The van der Waals surface area contributed by atoms with Crippen molar-refractivity contribution in [2.75, 3.05) is 11.1 Å². The number of carbonyl (C=O) groups excluding carboxylic acids is 2. The quantitative estimate of drug-likeness (QED) is 0.343. The molecule has 1 N–H and O–H groups in total. The Morgan fingerprint density at radius 3 is 2.81 bits per heavy atom. The van der Waals surface area contributed by atoms with Crippen molar-refractivity contribution in [1.82, 2.24) is 4.98 Å². The number of ether oxygens (including phenoxy) is 2. The van der Waals surface area contributed by atoms with Crippen molar-refractivity contribution in [1.29, 1.82) is 0 Å². The van der Waals surface area contributed by atoms with E-state index in [0.717, 1.165) is 27.2 Å². The van der Waals surface area contributed by atoms with Gasteiger partial charge in [0.1, 0.15) is 18.1 Å². The zero-order chi connectivity index (χ0) is 21.9. The number of esters is 1. The lowest BCUT2D eigenvalue weighted by Crippen LogP contribution is -2.18. The molecule has 1 aliphatic heterocycles. The van der Waals surface area contributed by atoms with Gasteiger partial charge in [0.25, 0.3) is 0 Å². The molecule has 2 heterocycles. The highest BCUT2D eigenvalue weighted by Crippen LogP contribution is 2.34. The van der Waals surface area contributed by atoms with Crippen LogP contribution in [0.1, 0.15) is 16.1 Å². The molecular weight excluding hydrogens is 424 g/mol. The highest BCUT2D eigenvalue weighted by atomic mass is 32.2. The van der Waals surface area contributed by atoms with Crippen LogP contribution in [0.2, 0.25) is 0 Å². The second kappa shape index (κ2) is 8.72. The van der Waals surface area contributed by atoms with Crippen LogP contribution in [-0.2, 0) is 11.4 Å². The summed E-state index contributed by atoms with van der Waals surface area (Å²) in [6.07, 6.45) is 0. The molecule has 0 spiro atoms. The molecule has 1 aliphatic rings. The molecule has 0 atom stereocenters. The summed E-state index contributed by atoms with van der Waals surface area (Å²) in [6.45, 7) is 0.289. The molecular formula is C25H18N2O4S. The Morgan fingerprint density at radius 2 is 1.88 bits per heavy atom. The fraction of sp³-hybridized carbons (Fsp3) is 0.0800. The number of thioether (sulfide) groups is 1. The third-order valence-electron chi connectivity index (χ3n) is 4.91. The molecule has 3 aromatic carbocycles. The largest absolute Gasteiger partial charge is 0.487 e. The molecule has 7 heteroatoms. The lowest BCUT2D eigenvalue weighted by atomic mass is 10.2. The van der Waals surface area contributed by atoms with Crippen LogP contribution < -0.4 is 14.8 Å². The lowest BCUT2D eigenvalue weighted by molar-refractivity contribution is -0.113. The van der Waals surface area contributed by atoms with E-state index in [1.165, 1.54) is 11.8 Å². The van der Waals surface area contributed by atoms with Gasteiger partial charge in [0.15, 0.2) is 0 Å². The fourth-order valence-electron chi connectivity index (χ4n) is 3.34. The summed E-state index contributed by atoms with van der Waals surface area (Å²) in [7, 11) is 0. The van der Waals surface area contributed by atoms with E-state index < -0.39 is 5.97 Å². The second-order valence-electron chi connectivity index (χ2n) is 7.20. The molecule has 0 bridgehead atoms. The summed E-state index contributed by atoms with van der Waals surface area (Å²) >= 11 is 1.41. The van der Waals surface area contributed by atoms with Gasteiger partial charge in [0, 0.05) is 10.3 Å². The Kier molecular flexibility index (Phi) is 5.47. The van der Waals surface area contributed by atoms with Crippen molar-refractivity contribution in [2.24, 2.45) is 0 Å². The Morgan fingerprint density at radius 1 is 0.969 bits per heavy atom. The van der Waals surface area contributed by atoms with Crippen LogP contribution in [0.3, 0.4) is 0 Å². The van der Waals surface area contributed by atoms with E-state index >= 15 is 0 Å². The maximum absolute atomic E-state index is 12.6. The Balaban J connectivity index is 1.26. The number of aromatic nitrogens is 1. The smallest absolute Gasteiger partial charge is 0.343 e. The van der Waals surface area contributed by atoms with Gasteiger partial charge in [-0.1, -0.05) is 30.3 Å². The van der Waals surface area contributed by atoms with Gasteiger partial charge >= 0.3 is 5.97 Å². The van der Waals surface area contributed by atoms with Gasteiger partial charge in [0.05, 0.1) is 28.2 Å². The topological polar surface area (TPSA) is 77.5 Å². The number of carbonyl (C=O) groups is 2. The number of amides is 1. The molecule has 0 saturated carbocycles. The Labute approximate surface area is 188 Å². The van der Waals surface area contributed by atoms with Gasteiger partial charge in [-0.05, 0) is 48.5 Å². The van der Waals surface area contributed by atoms with Gasteiger partial charge in [-0.25, -0.2) is 9.78 Å². The standard InChI is InChI=1S/C25H18N2O4S/c28-24-15-32-23-13-20(10-11-22(23)27-24)31-25(29)17-5-3-6-19(12-17)30-14-18-9-8-16-4-1-2-7-21(16)26-18/h1-13H,14-15H2,(H,27,28). The monoisotopic (exact) mass is 442 g/mol. The van der Waals surface area contributed by atoms with Crippen LogP contribution in [0.4, 0.5) is 5.69 Å². The van der Waals surface area contributed by atoms with Crippen LogP contribution in [0.25, 0.3) is 10.9 Å². The van der Waals surface area contributed by atoms with E-state index in [1.807, 2.05) is 36.4 Å². The molecule has 0 fully saturated rings. The van der Waals surface area contributed by atoms with Gasteiger partial charge in [-0.15, -0.1) is 11.8 Å². The summed E-state index contributed by atoms with van der Waals surface area (Å²) in [5.41, 5.74) is 2.82. The van der Waals surface area contributed by atoms with Crippen molar-refractivity contribution in [3.05, 3.63) is 90.1 Å². The number of anilines is 1. The molecule has 4 aromatic rings. The number of nitrogens with zero attached hydrogens (tertiary/aromatic N) is 1. The molecule has 1 aromatic heterocycles. The molecule has 0 saturated heterocycles. The molecule has 5 rings (SSSR count). The molecule has 6 nitrogen and oxygen atoms in total. The van der Waals surface area contributed by atoms with Crippen molar-refractivity contribution >= 4 is 40.2 Å². The minimum Gasteiger partial charge on any atom is -0.487 e. The Hall–Kier alpha value is -3.84. The van der Waals surface area contributed by atoms with Crippen molar-refractivity contribution in [3.8, 4) is 11.5 Å². The summed E-state index contributed by atoms with van der Waals surface area (Å²) in [5.74, 6) is 0.796. The van der Waals surface area contributed by atoms with Crippen LogP contribution in [0, 0.1) is 0 Å². The third-order valence-corrected chi connectivity index (χ3v) is 5.96. The molecule has 0 aliphatic carbocycles. The predicted molar refractivity (Wildman–Crippen MR) is 123 cm³/mol. The van der Waals surface area contributed by atoms with Crippen molar-refractivity contribution in [3.63, 3.8) is 0 Å². The van der Waals surface area contributed by atoms with Gasteiger partial charge in [0.2, 0.25) is 5.91 Å². The van der Waals surface area contributed by atoms with E-state index in [1.54, 1.807) is 42.5 Å². The first-order chi connectivity index (χ1) is 15.6. The maximum Gasteiger partial charge on any atom is 0.343 e. The first-order valence-electron chi connectivity index (χ1n) is 10.0. The number of pyridine rings is 1. The maximum atomic E-state index is 12.6. The summed E-state index contributed by atoms with van der Waals surface area (Å²) in [5, 5.41) is 3.87. The summed E-state index contributed by atoms with van der Waals surface area (Å²) in [4.78, 5) is 29.6. The second-order valence-corrected chi connectivity index (χ2v) is 8.21. The molecule has 32 heavy (non-hydrogen) atoms. The van der Waals surface area contributed by atoms with Crippen LogP contribution >= 0.6 is 11.8 Å². The number of benzene rings is 3. The van der Waals surface area contributed by atoms with Gasteiger partial charge in [-0.3, -0.25) is 4.79 Å². The molecule has 158 valence electrons. The first kappa shape index (κ1) is 20.1. The predicted octanol–water partition coefficient (Wildman–Crippen LogP) is 5.08.